The van der Waals surface area contributed by atoms with E-state index in [-0.39, 0.29) is 5.76 Å². The van der Waals surface area contributed by atoms with Gasteiger partial charge in [0.2, 0.25) is 17.3 Å². The number of esters is 2. The van der Waals surface area contributed by atoms with Gasteiger partial charge in [-0.25, -0.2) is 9.59 Å². The van der Waals surface area contributed by atoms with E-state index in [1.807, 2.05) is 0 Å². The normalized spacial score (nSPS) is 24.5. The Morgan fingerprint density at radius 3 is 1.93 bits per heavy atom. The van der Waals surface area contributed by atoms with Crippen molar-refractivity contribution in [2.45, 2.75) is 30.5 Å². The summed E-state index contributed by atoms with van der Waals surface area (Å²) in [5.41, 5.74) is -3.19. The van der Waals surface area contributed by atoms with Gasteiger partial charge in [-0.1, -0.05) is 0 Å². The van der Waals surface area contributed by atoms with Crippen LogP contribution in [0.3, 0.4) is 0 Å². The summed E-state index contributed by atoms with van der Waals surface area (Å²) in [5, 5.41) is 83.1. The number of ketones is 1. The second kappa shape index (κ2) is 9.64. The summed E-state index contributed by atoms with van der Waals surface area (Å²) in [6.07, 6.45) is -8.00. The zero-order valence-electron chi connectivity index (χ0n) is 19.9. The van der Waals surface area contributed by atoms with E-state index in [4.69, 9.17) is 18.6 Å². The Hall–Kier alpha value is -4.99. The number of hydrogen-bond acceptors (Lipinski definition) is 15. The Labute approximate surface area is 222 Å². The molecule has 15 nitrogen and oxygen atoms in total. The van der Waals surface area contributed by atoms with Gasteiger partial charge >= 0.3 is 11.9 Å². The van der Waals surface area contributed by atoms with E-state index in [9.17, 15) is 55.2 Å². The molecule has 0 radical (unpaired) electrons. The molecule has 2 aliphatic rings. The largest absolute Gasteiger partial charge is 0.504 e. The molecular weight excluding hydrogens is 540 g/mol. The second-order valence-electron chi connectivity index (χ2n) is 8.92. The third-order valence-corrected chi connectivity index (χ3v) is 6.53. The number of cyclic esters (lactones) is 1. The first kappa shape index (κ1) is 26.6. The predicted molar refractivity (Wildman–Crippen MR) is 125 cm³/mol. The van der Waals surface area contributed by atoms with Gasteiger partial charge in [-0.3, -0.25) is 4.79 Å². The molecule has 5 rings (SSSR count). The third-order valence-electron chi connectivity index (χ3n) is 6.53. The van der Waals surface area contributed by atoms with Crippen LogP contribution >= 0.6 is 0 Å². The molecular formula is C25H20O15. The fraction of sp³-hybridized carbons (Fsp3) is 0.240. The quantitative estimate of drug-likeness (QED) is 0.119. The third kappa shape index (κ3) is 4.08. The van der Waals surface area contributed by atoms with Gasteiger partial charge in [0.05, 0.1) is 17.4 Å². The van der Waals surface area contributed by atoms with E-state index in [0.29, 0.717) is 12.1 Å². The highest BCUT2D eigenvalue weighted by atomic mass is 16.6. The monoisotopic (exact) mass is 560 g/mol. The van der Waals surface area contributed by atoms with Crippen molar-refractivity contribution in [2.75, 3.05) is 6.61 Å². The lowest BCUT2D eigenvalue weighted by Crippen LogP contribution is -2.62. The van der Waals surface area contributed by atoms with E-state index in [0.717, 1.165) is 0 Å². The maximum Gasteiger partial charge on any atom is 0.339 e. The molecule has 0 saturated carbocycles. The number of aliphatic hydroxyl groups is 2. The number of aromatic hydroxyl groups is 6. The first-order valence-electron chi connectivity index (χ1n) is 11.5. The number of hydrogen-bond donors (Lipinski definition) is 8. The lowest BCUT2D eigenvalue weighted by Gasteiger charge is -2.41. The number of ether oxygens (including phenoxy) is 3. The minimum atomic E-state index is -2.02. The van der Waals surface area contributed by atoms with E-state index in [1.165, 1.54) is 18.4 Å². The molecule has 2 aromatic carbocycles. The number of fused-ring (bicyclic) bond motifs is 4. The Balaban J connectivity index is 1.67. The van der Waals surface area contributed by atoms with Gasteiger partial charge < -0.3 is 59.5 Å². The maximum absolute atomic E-state index is 13.3. The Morgan fingerprint density at radius 1 is 0.800 bits per heavy atom. The van der Waals surface area contributed by atoms with Crippen molar-refractivity contribution in [2.24, 2.45) is 0 Å². The van der Waals surface area contributed by atoms with Crippen LogP contribution in [0.25, 0.3) is 11.1 Å². The lowest BCUT2D eigenvalue weighted by atomic mass is 9.91. The van der Waals surface area contributed by atoms with E-state index >= 15 is 0 Å². The molecule has 0 amide bonds. The van der Waals surface area contributed by atoms with Gasteiger partial charge in [-0.05, 0) is 24.3 Å². The van der Waals surface area contributed by atoms with Crippen LogP contribution in [0, 0.1) is 0 Å². The molecule has 3 heterocycles. The van der Waals surface area contributed by atoms with Crippen molar-refractivity contribution in [3.63, 3.8) is 0 Å². The van der Waals surface area contributed by atoms with Crippen molar-refractivity contribution in [1.82, 2.24) is 0 Å². The fourth-order valence-electron chi connectivity index (χ4n) is 4.53. The molecule has 0 unspecified atom stereocenters. The van der Waals surface area contributed by atoms with Gasteiger partial charge in [0, 0.05) is 11.1 Å². The van der Waals surface area contributed by atoms with E-state index < -0.39 is 112 Å². The molecule has 1 aromatic heterocycles. The van der Waals surface area contributed by atoms with Crippen molar-refractivity contribution in [3.8, 4) is 45.6 Å². The summed E-state index contributed by atoms with van der Waals surface area (Å²) in [4.78, 5) is 39.3. The molecule has 15 heteroatoms. The number of phenolic OH excluding ortho intramolecular Hbond substituents is 6. The first-order chi connectivity index (χ1) is 18.9. The summed E-state index contributed by atoms with van der Waals surface area (Å²) >= 11 is 0. The summed E-state index contributed by atoms with van der Waals surface area (Å²) in [7, 11) is 0. The molecule has 1 saturated heterocycles. The molecule has 5 atom stereocenters. The molecule has 3 aromatic rings. The van der Waals surface area contributed by atoms with Gasteiger partial charge in [-0.15, -0.1) is 0 Å². The number of carbonyl (C=O) groups excluding carboxylic acids is 3. The lowest BCUT2D eigenvalue weighted by molar-refractivity contribution is -0.216. The van der Waals surface area contributed by atoms with Gasteiger partial charge in [0.25, 0.3) is 0 Å². The zero-order valence-corrected chi connectivity index (χ0v) is 19.9. The van der Waals surface area contributed by atoms with Crippen LogP contribution in [0.4, 0.5) is 0 Å². The standard InChI is InChI=1S/C25H20O15/c26-9-4-7-13(18(31)15(9)28)14-8(5-10(27)16(29)19(14)32)25(36)40-22-12(6-38-24(7)35)39-23(21(34)20(22)33)17(30)11-2-1-3-37-11/h1-5,12,20-23,26-29,31-34H,6H2/t12-,20-,21-,22-,23+/m1/s1. The number of aliphatic hydroxyl groups excluding tert-OH is 2. The van der Waals surface area contributed by atoms with E-state index in [1.54, 1.807) is 0 Å². The van der Waals surface area contributed by atoms with Crippen LogP contribution in [0.2, 0.25) is 0 Å². The molecule has 1 fully saturated rings. The molecule has 2 aliphatic heterocycles. The van der Waals surface area contributed by atoms with Crippen molar-refractivity contribution < 1.29 is 73.9 Å². The average molecular weight is 560 g/mol. The highest BCUT2D eigenvalue weighted by molar-refractivity contribution is 6.08. The molecule has 210 valence electrons. The number of rotatable bonds is 2. The summed E-state index contributed by atoms with van der Waals surface area (Å²) < 4.78 is 21.1. The van der Waals surface area contributed by atoms with Gasteiger partial charge in [-0.2, -0.15) is 0 Å². The highest BCUT2D eigenvalue weighted by Gasteiger charge is 2.51. The van der Waals surface area contributed by atoms with Crippen LogP contribution in [-0.2, 0) is 14.2 Å². The summed E-state index contributed by atoms with van der Waals surface area (Å²) in [6.45, 7) is -0.830. The number of Topliss-reactive ketones (excluding diaryl/α,β-unsaturated/α-hetero) is 1. The van der Waals surface area contributed by atoms with E-state index in [2.05, 4.69) is 0 Å². The minimum Gasteiger partial charge on any atom is -0.504 e. The molecule has 8 N–H and O–H groups in total. The van der Waals surface area contributed by atoms with Gasteiger partial charge in [0.1, 0.15) is 24.9 Å². The fourth-order valence-corrected chi connectivity index (χ4v) is 4.53. The van der Waals surface area contributed by atoms with Crippen LogP contribution in [0.15, 0.2) is 34.9 Å². The topological polar surface area (TPSA) is 254 Å². The average Bonchev–Trinajstić information content (AvgIpc) is 3.46. The van der Waals surface area contributed by atoms with Crippen molar-refractivity contribution >= 4 is 17.7 Å². The molecule has 40 heavy (non-hydrogen) atoms. The highest BCUT2D eigenvalue weighted by Crippen LogP contribution is 2.52. The smallest absolute Gasteiger partial charge is 0.339 e. The van der Waals surface area contributed by atoms with Crippen molar-refractivity contribution in [1.29, 1.82) is 0 Å². The number of phenols is 6. The Kier molecular flexibility index (Phi) is 6.41. The minimum absolute atomic E-state index is 0.236. The Bertz CT molecular complexity index is 1530. The summed E-state index contributed by atoms with van der Waals surface area (Å²) in [5.74, 6) is -10.8. The van der Waals surface area contributed by atoms with Crippen LogP contribution in [0.1, 0.15) is 31.3 Å². The first-order valence-corrected chi connectivity index (χ1v) is 11.5. The molecule has 0 spiro atoms. The number of furan rings is 1. The number of benzene rings is 2. The van der Waals surface area contributed by atoms with Crippen molar-refractivity contribution in [3.05, 3.63) is 47.4 Å². The zero-order chi connectivity index (χ0) is 29.0. The van der Waals surface area contributed by atoms with Crippen LogP contribution in [-0.4, -0.2) is 95.7 Å². The molecule has 0 bridgehead atoms. The summed E-state index contributed by atoms with van der Waals surface area (Å²) in [6, 6.07) is 3.88. The van der Waals surface area contributed by atoms with Gasteiger partial charge in [0.15, 0.2) is 41.0 Å². The Morgan fingerprint density at radius 2 is 1.38 bits per heavy atom. The predicted octanol–water partition coefficient (Wildman–Crippen LogP) is 0.248. The second-order valence-corrected chi connectivity index (χ2v) is 8.92. The molecule has 0 aliphatic carbocycles. The van der Waals surface area contributed by atoms with Crippen LogP contribution in [0.5, 0.6) is 34.5 Å². The van der Waals surface area contributed by atoms with Crippen LogP contribution < -0.4 is 0 Å². The maximum atomic E-state index is 13.3. The SMILES string of the molecule is O=C1OC[C@H]2O[C@@H](C(=O)c3ccco3)[C@H](O)[C@@H](O)[C@@H]2OC(=O)c2cc(O)c(O)c(O)c2-c2c1cc(O)c(O)c2O. The number of carbonyl (C=O) groups is 3.